The van der Waals surface area contributed by atoms with Gasteiger partial charge >= 0.3 is 5.97 Å². The lowest BCUT2D eigenvalue weighted by Crippen LogP contribution is -2.23. The largest absolute Gasteiger partial charge is 0.460 e. The van der Waals surface area contributed by atoms with E-state index < -0.39 is 5.60 Å². The van der Waals surface area contributed by atoms with Gasteiger partial charge in [0.15, 0.2) is 0 Å². The van der Waals surface area contributed by atoms with E-state index in [1.165, 1.54) is 5.56 Å². The molecule has 0 bridgehead atoms. The second kappa shape index (κ2) is 6.55. The molecule has 1 aromatic rings. The van der Waals surface area contributed by atoms with Gasteiger partial charge in [0, 0.05) is 13.0 Å². The van der Waals surface area contributed by atoms with Crippen molar-refractivity contribution in [3.05, 3.63) is 35.4 Å². The van der Waals surface area contributed by atoms with Crippen LogP contribution in [0.25, 0.3) is 0 Å². The minimum atomic E-state index is -0.408. The third-order valence-electron chi connectivity index (χ3n) is 2.47. The fraction of sp³-hybridized carbons (Fsp3) is 0.533. The number of carbonyl (C=O) groups is 1. The SMILES string of the molecule is CC(C)(C)OC(=O)CCc1ccc(CC[NH])cc1. The molecule has 0 amide bonds. The van der Waals surface area contributed by atoms with Crippen molar-refractivity contribution >= 4 is 5.97 Å². The van der Waals surface area contributed by atoms with E-state index in [-0.39, 0.29) is 5.97 Å². The molecule has 0 atom stereocenters. The van der Waals surface area contributed by atoms with E-state index in [2.05, 4.69) is 0 Å². The van der Waals surface area contributed by atoms with E-state index in [0.717, 1.165) is 12.0 Å². The summed E-state index contributed by atoms with van der Waals surface area (Å²) in [6.07, 6.45) is 1.90. The molecular formula is C15H22NO2. The fourth-order valence-electron chi connectivity index (χ4n) is 1.66. The van der Waals surface area contributed by atoms with E-state index in [1.807, 2.05) is 45.0 Å². The third kappa shape index (κ3) is 5.82. The van der Waals surface area contributed by atoms with Crippen molar-refractivity contribution in [1.82, 2.24) is 5.73 Å². The first-order valence-corrected chi connectivity index (χ1v) is 6.35. The minimum absolute atomic E-state index is 0.155. The maximum Gasteiger partial charge on any atom is 0.306 e. The normalized spacial score (nSPS) is 11.3. The van der Waals surface area contributed by atoms with Crippen LogP contribution >= 0.6 is 0 Å². The minimum Gasteiger partial charge on any atom is -0.460 e. The Morgan fingerprint density at radius 2 is 1.61 bits per heavy atom. The Kier molecular flexibility index (Phi) is 5.35. The number of hydrogen-bond acceptors (Lipinski definition) is 2. The van der Waals surface area contributed by atoms with E-state index >= 15 is 0 Å². The molecule has 99 valence electrons. The fourth-order valence-corrected chi connectivity index (χ4v) is 1.66. The van der Waals surface area contributed by atoms with Crippen LogP contribution in [0.5, 0.6) is 0 Å². The first kappa shape index (κ1) is 14.7. The molecule has 3 heteroatoms. The maximum atomic E-state index is 11.6. The third-order valence-corrected chi connectivity index (χ3v) is 2.47. The molecule has 3 nitrogen and oxygen atoms in total. The molecule has 1 radical (unpaired) electrons. The van der Waals surface area contributed by atoms with Crippen molar-refractivity contribution in [2.24, 2.45) is 0 Å². The number of nitrogens with one attached hydrogen (secondary N) is 1. The quantitative estimate of drug-likeness (QED) is 0.752. The van der Waals surface area contributed by atoms with Crippen LogP contribution in [0.1, 0.15) is 38.3 Å². The van der Waals surface area contributed by atoms with Gasteiger partial charge in [-0.25, -0.2) is 0 Å². The summed E-state index contributed by atoms with van der Waals surface area (Å²) in [5, 5.41) is 0. The molecule has 1 N–H and O–H groups in total. The highest BCUT2D eigenvalue weighted by Crippen LogP contribution is 2.11. The smallest absolute Gasteiger partial charge is 0.306 e. The van der Waals surface area contributed by atoms with Crippen LogP contribution in [0.15, 0.2) is 24.3 Å². The molecule has 0 unspecified atom stereocenters. The Morgan fingerprint density at radius 3 is 2.06 bits per heavy atom. The molecular weight excluding hydrogens is 226 g/mol. The molecule has 0 fully saturated rings. The van der Waals surface area contributed by atoms with E-state index in [0.29, 0.717) is 19.4 Å². The van der Waals surface area contributed by atoms with Crippen LogP contribution in [0.3, 0.4) is 0 Å². The highest BCUT2D eigenvalue weighted by Gasteiger charge is 2.15. The maximum absolute atomic E-state index is 11.6. The number of ether oxygens (including phenoxy) is 1. The Morgan fingerprint density at radius 1 is 1.11 bits per heavy atom. The van der Waals surface area contributed by atoms with Gasteiger partial charge in [-0.2, -0.15) is 0 Å². The molecule has 0 aromatic heterocycles. The van der Waals surface area contributed by atoms with E-state index in [4.69, 9.17) is 10.5 Å². The van der Waals surface area contributed by atoms with Gasteiger partial charge in [0.1, 0.15) is 5.60 Å². The van der Waals surface area contributed by atoms with Gasteiger partial charge in [-0.15, -0.1) is 0 Å². The summed E-state index contributed by atoms with van der Waals surface area (Å²) in [5.41, 5.74) is 9.05. The summed E-state index contributed by atoms with van der Waals surface area (Å²) >= 11 is 0. The number of carbonyl (C=O) groups excluding carboxylic acids is 1. The summed E-state index contributed by atoms with van der Waals surface area (Å²) < 4.78 is 5.26. The first-order chi connectivity index (χ1) is 8.40. The molecule has 0 heterocycles. The summed E-state index contributed by atoms with van der Waals surface area (Å²) in [6, 6.07) is 8.10. The Balaban J connectivity index is 2.41. The summed E-state index contributed by atoms with van der Waals surface area (Å²) in [4.78, 5) is 11.6. The van der Waals surface area contributed by atoms with E-state index in [1.54, 1.807) is 0 Å². The van der Waals surface area contributed by atoms with Gasteiger partial charge in [0.05, 0.1) is 0 Å². The zero-order valence-corrected chi connectivity index (χ0v) is 11.5. The second-order valence-corrected chi connectivity index (χ2v) is 5.40. The zero-order chi connectivity index (χ0) is 13.6. The predicted octanol–water partition coefficient (Wildman–Crippen LogP) is 2.79. The van der Waals surface area contributed by atoms with Gasteiger partial charge in [-0.1, -0.05) is 24.3 Å². The van der Waals surface area contributed by atoms with E-state index in [9.17, 15) is 4.79 Å². The molecule has 0 aliphatic rings. The first-order valence-electron chi connectivity index (χ1n) is 6.35. The zero-order valence-electron chi connectivity index (χ0n) is 11.5. The lowest BCUT2D eigenvalue weighted by molar-refractivity contribution is -0.154. The number of rotatable bonds is 5. The number of aryl methyl sites for hydroxylation is 1. The average Bonchev–Trinajstić information content (AvgIpc) is 2.26. The van der Waals surface area contributed by atoms with Gasteiger partial charge in [0.25, 0.3) is 0 Å². The predicted molar refractivity (Wildman–Crippen MR) is 72.3 cm³/mol. The van der Waals surface area contributed by atoms with Crippen molar-refractivity contribution in [2.45, 2.75) is 45.6 Å². The number of esters is 1. The Hall–Kier alpha value is -1.35. The number of hydrogen-bond donors (Lipinski definition) is 0. The van der Waals surface area contributed by atoms with Crippen LogP contribution in [0, 0.1) is 0 Å². The van der Waals surface area contributed by atoms with Gasteiger partial charge in [-0.05, 0) is 44.7 Å². The molecule has 0 aliphatic carbocycles. The van der Waals surface area contributed by atoms with Crippen LogP contribution in [0.4, 0.5) is 0 Å². The Labute approximate surface area is 109 Å². The lowest BCUT2D eigenvalue weighted by atomic mass is 10.1. The topological polar surface area (TPSA) is 50.1 Å². The Bertz CT molecular complexity index is 376. The van der Waals surface area contributed by atoms with Crippen molar-refractivity contribution in [3.63, 3.8) is 0 Å². The molecule has 0 spiro atoms. The van der Waals surface area contributed by atoms with Crippen molar-refractivity contribution in [1.29, 1.82) is 0 Å². The summed E-state index contributed by atoms with van der Waals surface area (Å²) in [7, 11) is 0. The summed E-state index contributed by atoms with van der Waals surface area (Å²) in [5.74, 6) is -0.155. The average molecular weight is 248 g/mol. The molecule has 0 aliphatic heterocycles. The molecule has 1 rings (SSSR count). The van der Waals surface area contributed by atoms with Crippen molar-refractivity contribution in [3.8, 4) is 0 Å². The van der Waals surface area contributed by atoms with Crippen molar-refractivity contribution in [2.75, 3.05) is 6.54 Å². The molecule has 0 saturated heterocycles. The number of benzene rings is 1. The molecule has 18 heavy (non-hydrogen) atoms. The van der Waals surface area contributed by atoms with Crippen LogP contribution < -0.4 is 5.73 Å². The van der Waals surface area contributed by atoms with Gasteiger partial charge in [0.2, 0.25) is 0 Å². The highest BCUT2D eigenvalue weighted by molar-refractivity contribution is 5.70. The second-order valence-electron chi connectivity index (χ2n) is 5.40. The van der Waals surface area contributed by atoms with Crippen LogP contribution in [0.2, 0.25) is 0 Å². The van der Waals surface area contributed by atoms with Crippen molar-refractivity contribution < 1.29 is 9.53 Å². The van der Waals surface area contributed by atoms with Crippen LogP contribution in [-0.2, 0) is 22.4 Å². The standard InChI is InChI=1S/C15H22NO2/c1-15(2,3)18-14(17)9-8-12-4-6-13(7-5-12)10-11-16/h4-7,16H,8-11H2,1-3H3. The molecule has 1 aromatic carbocycles. The molecule has 0 saturated carbocycles. The van der Waals surface area contributed by atoms with Gasteiger partial charge in [-0.3, -0.25) is 10.5 Å². The van der Waals surface area contributed by atoms with Crippen LogP contribution in [-0.4, -0.2) is 18.1 Å². The lowest BCUT2D eigenvalue weighted by Gasteiger charge is -2.19. The summed E-state index contributed by atoms with van der Waals surface area (Å²) in [6.45, 7) is 6.04. The van der Waals surface area contributed by atoms with Gasteiger partial charge < -0.3 is 4.74 Å². The highest BCUT2D eigenvalue weighted by atomic mass is 16.6. The monoisotopic (exact) mass is 248 g/mol.